The van der Waals surface area contributed by atoms with Crippen molar-refractivity contribution in [1.82, 2.24) is 10.2 Å². The van der Waals surface area contributed by atoms with E-state index in [9.17, 15) is 9.59 Å². The van der Waals surface area contributed by atoms with Crippen LogP contribution in [0.25, 0.3) is 0 Å². The van der Waals surface area contributed by atoms with Crippen LogP contribution in [0, 0.1) is 19.8 Å². The first kappa shape index (κ1) is 20.2. The average molecular weight is 383 g/mol. The summed E-state index contributed by atoms with van der Waals surface area (Å²) in [7, 11) is 0. The van der Waals surface area contributed by atoms with E-state index in [4.69, 9.17) is 4.42 Å². The van der Waals surface area contributed by atoms with Crippen LogP contribution in [0.5, 0.6) is 0 Å². The number of amides is 2. The Morgan fingerprint density at radius 3 is 2.68 bits per heavy atom. The van der Waals surface area contributed by atoms with Gasteiger partial charge in [-0.25, -0.2) is 0 Å². The monoisotopic (exact) mass is 382 g/mol. The van der Waals surface area contributed by atoms with E-state index in [1.54, 1.807) is 11.0 Å². The van der Waals surface area contributed by atoms with Gasteiger partial charge in [-0.15, -0.1) is 0 Å². The first-order chi connectivity index (χ1) is 13.4. The van der Waals surface area contributed by atoms with Gasteiger partial charge in [0.05, 0.1) is 11.5 Å². The molecule has 3 rings (SSSR count). The van der Waals surface area contributed by atoms with Gasteiger partial charge in [0.15, 0.2) is 0 Å². The Labute approximate surface area is 167 Å². The van der Waals surface area contributed by atoms with Gasteiger partial charge >= 0.3 is 0 Å². The highest BCUT2D eigenvalue weighted by molar-refractivity contribution is 5.95. The molecule has 0 unspecified atom stereocenters. The molecule has 1 aliphatic heterocycles. The Morgan fingerprint density at radius 1 is 1.25 bits per heavy atom. The van der Waals surface area contributed by atoms with Crippen LogP contribution in [0.2, 0.25) is 0 Å². The van der Waals surface area contributed by atoms with Gasteiger partial charge in [0, 0.05) is 19.1 Å². The molecule has 0 bridgehead atoms. The fraction of sp³-hybridized carbons (Fsp3) is 0.478. The molecule has 0 spiro atoms. The van der Waals surface area contributed by atoms with E-state index in [1.807, 2.05) is 39.0 Å². The van der Waals surface area contributed by atoms with Crippen LogP contribution in [-0.2, 0) is 11.2 Å². The quantitative estimate of drug-likeness (QED) is 0.824. The zero-order chi connectivity index (χ0) is 20.1. The molecule has 2 amide bonds. The minimum atomic E-state index is -0.148. The summed E-state index contributed by atoms with van der Waals surface area (Å²) in [6.07, 6.45) is 3.51. The number of hydrogen-bond acceptors (Lipinski definition) is 3. The molecule has 0 saturated carbocycles. The van der Waals surface area contributed by atoms with Crippen molar-refractivity contribution in [2.45, 2.75) is 52.5 Å². The number of carbonyl (C=O) groups excluding carboxylic acids is 2. The molecule has 0 aliphatic carbocycles. The highest BCUT2D eigenvalue weighted by Gasteiger charge is 2.30. The molecule has 0 radical (unpaired) electrons. The maximum atomic E-state index is 12.8. The molecule has 2 heterocycles. The first-order valence-electron chi connectivity index (χ1n) is 10.1. The van der Waals surface area contributed by atoms with Crippen LogP contribution >= 0.6 is 0 Å². The molecule has 1 aromatic heterocycles. The molecule has 1 fully saturated rings. The van der Waals surface area contributed by atoms with Crippen LogP contribution in [0.3, 0.4) is 0 Å². The lowest BCUT2D eigenvalue weighted by Gasteiger charge is -2.32. The summed E-state index contributed by atoms with van der Waals surface area (Å²) < 4.78 is 5.49. The highest BCUT2D eigenvalue weighted by Crippen LogP contribution is 2.22. The van der Waals surface area contributed by atoms with Gasteiger partial charge in [0.1, 0.15) is 11.5 Å². The molecule has 28 heavy (non-hydrogen) atoms. The van der Waals surface area contributed by atoms with Gasteiger partial charge < -0.3 is 14.6 Å². The predicted molar refractivity (Wildman–Crippen MR) is 109 cm³/mol. The molecule has 150 valence electrons. The van der Waals surface area contributed by atoms with E-state index in [1.165, 1.54) is 5.56 Å². The summed E-state index contributed by atoms with van der Waals surface area (Å²) in [5.74, 6) is 1.25. The molecule has 5 heteroatoms. The smallest absolute Gasteiger partial charge is 0.257 e. The van der Waals surface area contributed by atoms with E-state index in [2.05, 4.69) is 17.4 Å². The second-order valence-corrected chi connectivity index (χ2v) is 7.85. The molecule has 2 atom stereocenters. The van der Waals surface area contributed by atoms with Gasteiger partial charge in [-0.05, 0) is 58.1 Å². The van der Waals surface area contributed by atoms with Crippen molar-refractivity contribution in [3.63, 3.8) is 0 Å². The maximum Gasteiger partial charge on any atom is 0.257 e. The molecule has 5 nitrogen and oxygen atoms in total. The standard InChI is InChI=1S/C23H30N2O3/c1-16(11-12-19-8-5-4-6-9-19)24-22(26)20-10-7-13-25(15-20)23(27)21-14-17(2)28-18(21)3/h4-6,8-9,14,16,20H,7,10-13,15H2,1-3H3,(H,24,26)/t16-,20+/m1/s1. The minimum absolute atomic E-state index is 0.0380. The second-order valence-electron chi connectivity index (χ2n) is 7.85. The van der Waals surface area contributed by atoms with E-state index in [0.29, 0.717) is 24.4 Å². The summed E-state index contributed by atoms with van der Waals surface area (Å²) in [5, 5.41) is 3.14. The normalized spacial score (nSPS) is 18.0. The molecular formula is C23H30N2O3. The molecule has 1 saturated heterocycles. The number of nitrogens with zero attached hydrogens (tertiary/aromatic N) is 1. The van der Waals surface area contributed by atoms with Crippen molar-refractivity contribution < 1.29 is 14.0 Å². The lowest BCUT2D eigenvalue weighted by molar-refractivity contribution is -0.127. The van der Waals surface area contributed by atoms with Crippen molar-refractivity contribution in [1.29, 1.82) is 0 Å². The Kier molecular flexibility index (Phi) is 6.55. The van der Waals surface area contributed by atoms with Crippen molar-refractivity contribution >= 4 is 11.8 Å². The second kappa shape index (κ2) is 9.09. The fourth-order valence-corrected chi connectivity index (χ4v) is 3.85. The number of piperidine rings is 1. The fourth-order valence-electron chi connectivity index (χ4n) is 3.85. The average Bonchev–Trinajstić information content (AvgIpc) is 3.04. The third kappa shape index (κ3) is 5.03. The zero-order valence-corrected chi connectivity index (χ0v) is 17.0. The number of furan rings is 1. The van der Waals surface area contributed by atoms with Crippen molar-refractivity contribution in [3.05, 3.63) is 59.0 Å². The Morgan fingerprint density at radius 2 is 2.00 bits per heavy atom. The summed E-state index contributed by atoms with van der Waals surface area (Å²) in [6, 6.07) is 12.2. The molecule has 1 aromatic carbocycles. The number of carbonyl (C=O) groups is 2. The number of hydrogen-bond donors (Lipinski definition) is 1. The van der Waals surface area contributed by atoms with Crippen LogP contribution in [0.15, 0.2) is 40.8 Å². The van der Waals surface area contributed by atoms with Gasteiger partial charge in [0.25, 0.3) is 5.91 Å². The third-order valence-corrected chi connectivity index (χ3v) is 5.45. The molecule has 2 aromatic rings. The summed E-state index contributed by atoms with van der Waals surface area (Å²) in [4.78, 5) is 27.3. The third-order valence-electron chi connectivity index (χ3n) is 5.45. The van der Waals surface area contributed by atoms with Crippen LogP contribution in [0.1, 0.15) is 53.6 Å². The van der Waals surface area contributed by atoms with E-state index >= 15 is 0 Å². The molecule has 1 aliphatic rings. The number of aryl methyl sites for hydroxylation is 3. The first-order valence-corrected chi connectivity index (χ1v) is 10.1. The van der Waals surface area contributed by atoms with Crippen LogP contribution in [0.4, 0.5) is 0 Å². The number of likely N-dealkylation sites (tertiary alicyclic amines) is 1. The molecule has 1 N–H and O–H groups in total. The topological polar surface area (TPSA) is 62.6 Å². The van der Waals surface area contributed by atoms with Crippen molar-refractivity contribution in [2.75, 3.05) is 13.1 Å². The lowest BCUT2D eigenvalue weighted by Crippen LogP contribution is -2.47. The largest absolute Gasteiger partial charge is 0.466 e. The summed E-state index contributed by atoms with van der Waals surface area (Å²) in [6.45, 7) is 6.86. The minimum Gasteiger partial charge on any atom is -0.466 e. The van der Waals surface area contributed by atoms with Crippen molar-refractivity contribution in [2.24, 2.45) is 5.92 Å². The van der Waals surface area contributed by atoms with E-state index in [-0.39, 0.29) is 23.8 Å². The summed E-state index contributed by atoms with van der Waals surface area (Å²) >= 11 is 0. The van der Waals surface area contributed by atoms with Crippen LogP contribution in [-0.4, -0.2) is 35.8 Å². The number of benzene rings is 1. The predicted octanol–water partition coefficient (Wildman–Crippen LogP) is 3.89. The zero-order valence-electron chi connectivity index (χ0n) is 17.0. The van der Waals surface area contributed by atoms with Gasteiger partial charge in [-0.3, -0.25) is 9.59 Å². The Hall–Kier alpha value is -2.56. The van der Waals surface area contributed by atoms with E-state index in [0.717, 1.165) is 31.4 Å². The lowest BCUT2D eigenvalue weighted by atomic mass is 9.95. The van der Waals surface area contributed by atoms with Gasteiger partial charge in [0.2, 0.25) is 5.91 Å². The molecular weight excluding hydrogens is 352 g/mol. The highest BCUT2D eigenvalue weighted by atomic mass is 16.3. The van der Waals surface area contributed by atoms with Gasteiger partial charge in [-0.1, -0.05) is 30.3 Å². The Balaban J connectivity index is 1.52. The van der Waals surface area contributed by atoms with Crippen LogP contribution < -0.4 is 5.32 Å². The van der Waals surface area contributed by atoms with Crippen molar-refractivity contribution in [3.8, 4) is 0 Å². The number of nitrogens with one attached hydrogen (secondary N) is 1. The summed E-state index contributed by atoms with van der Waals surface area (Å²) in [5.41, 5.74) is 1.89. The van der Waals surface area contributed by atoms with E-state index < -0.39 is 0 Å². The van der Waals surface area contributed by atoms with Gasteiger partial charge in [-0.2, -0.15) is 0 Å². The Bertz CT molecular complexity index is 813. The maximum absolute atomic E-state index is 12.8. The number of rotatable bonds is 6. The SMILES string of the molecule is Cc1cc(C(=O)N2CCC[C@H](C(=O)N[C@H](C)CCc3ccccc3)C2)c(C)o1.